The molecule has 0 radical (unpaired) electrons. The van der Waals surface area contributed by atoms with Crippen LogP contribution in [0.3, 0.4) is 0 Å². The SMILES string of the molecule is CCNCC(CC)(CC)CN1CCCC(C(C)(C)C)CC1. The lowest BCUT2D eigenvalue weighted by molar-refractivity contribution is 0.133. The van der Waals surface area contributed by atoms with Crippen molar-refractivity contribution < 1.29 is 0 Å². The topological polar surface area (TPSA) is 15.3 Å². The largest absolute Gasteiger partial charge is 0.316 e. The van der Waals surface area contributed by atoms with E-state index >= 15 is 0 Å². The average molecular weight is 297 g/mol. The smallest absolute Gasteiger partial charge is 0.00499 e. The molecule has 0 saturated carbocycles. The van der Waals surface area contributed by atoms with Gasteiger partial charge in [0, 0.05) is 13.1 Å². The average Bonchev–Trinajstić information content (AvgIpc) is 2.68. The second kappa shape index (κ2) is 8.53. The Bertz CT molecular complexity index is 276. The van der Waals surface area contributed by atoms with E-state index in [9.17, 15) is 0 Å². The molecule has 1 rings (SSSR count). The molecule has 0 amide bonds. The minimum Gasteiger partial charge on any atom is -0.316 e. The fraction of sp³-hybridized carbons (Fsp3) is 1.00. The highest BCUT2D eigenvalue weighted by molar-refractivity contribution is 4.85. The van der Waals surface area contributed by atoms with E-state index in [0.717, 1.165) is 12.5 Å². The van der Waals surface area contributed by atoms with E-state index in [2.05, 4.69) is 51.8 Å². The highest BCUT2D eigenvalue weighted by atomic mass is 15.1. The van der Waals surface area contributed by atoms with Gasteiger partial charge in [0.15, 0.2) is 0 Å². The van der Waals surface area contributed by atoms with Gasteiger partial charge in [0.05, 0.1) is 0 Å². The van der Waals surface area contributed by atoms with Gasteiger partial charge in [-0.15, -0.1) is 0 Å². The van der Waals surface area contributed by atoms with Gasteiger partial charge in [-0.2, -0.15) is 0 Å². The van der Waals surface area contributed by atoms with Crippen molar-refractivity contribution in [2.24, 2.45) is 16.7 Å². The van der Waals surface area contributed by atoms with Gasteiger partial charge in [0.1, 0.15) is 0 Å². The van der Waals surface area contributed by atoms with E-state index in [1.54, 1.807) is 0 Å². The second-order valence-corrected chi connectivity index (χ2v) is 8.26. The molecule has 1 unspecified atom stereocenters. The van der Waals surface area contributed by atoms with E-state index in [1.165, 1.54) is 58.3 Å². The number of nitrogens with zero attached hydrogens (tertiary/aromatic N) is 1. The Morgan fingerprint density at radius 2 is 1.67 bits per heavy atom. The van der Waals surface area contributed by atoms with Gasteiger partial charge in [0.25, 0.3) is 0 Å². The number of rotatable bonds is 7. The second-order valence-electron chi connectivity index (χ2n) is 8.26. The molecule has 1 heterocycles. The van der Waals surface area contributed by atoms with Gasteiger partial charge in [-0.3, -0.25) is 0 Å². The third kappa shape index (κ3) is 5.90. The highest BCUT2D eigenvalue weighted by Crippen LogP contribution is 2.35. The van der Waals surface area contributed by atoms with Crippen molar-refractivity contribution in [2.45, 2.75) is 73.6 Å². The Kier molecular flexibility index (Phi) is 7.70. The van der Waals surface area contributed by atoms with E-state index < -0.39 is 0 Å². The van der Waals surface area contributed by atoms with Crippen molar-refractivity contribution in [3.63, 3.8) is 0 Å². The zero-order chi connectivity index (χ0) is 15.9. The predicted molar refractivity (Wildman–Crippen MR) is 94.8 cm³/mol. The zero-order valence-corrected chi connectivity index (χ0v) is 15.6. The molecule has 0 aliphatic carbocycles. The maximum atomic E-state index is 3.60. The monoisotopic (exact) mass is 296 g/mol. The van der Waals surface area contributed by atoms with Crippen LogP contribution >= 0.6 is 0 Å². The molecule has 0 aromatic heterocycles. The molecule has 0 bridgehead atoms. The molecule has 1 saturated heterocycles. The molecule has 2 nitrogen and oxygen atoms in total. The van der Waals surface area contributed by atoms with Crippen LogP contribution in [0.2, 0.25) is 0 Å². The van der Waals surface area contributed by atoms with E-state index in [1.807, 2.05) is 0 Å². The van der Waals surface area contributed by atoms with Crippen molar-refractivity contribution in [2.75, 3.05) is 32.7 Å². The first kappa shape index (κ1) is 19.0. The van der Waals surface area contributed by atoms with Crippen LogP contribution in [0.15, 0.2) is 0 Å². The third-order valence-corrected chi connectivity index (χ3v) is 5.85. The maximum absolute atomic E-state index is 3.60. The lowest BCUT2D eigenvalue weighted by Crippen LogP contribution is -2.44. The number of hydrogen-bond acceptors (Lipinski definition) is 2. The van der Waals surface area contributed by atoms with Crippen molar-refractivity contribution in [1.82, 2.24) is 10.2 Å². The summed E-state index contributed by atoms with van der Waals surface area (Å²) in [4.78, 5) is 2.76. The molecule has 0 aromatic rings. The Morgan fingerprint density at radius 1 is 1.00 bits per heavy atom. The van der Waals surface area contributed by atoms with Crippen LogP contribution in [0.4, 0.5) is 0 Å². The molecular weight excluding hydrogens is 256 g/mol. The summed E-state index contributed by atoms with van der Waals surface area (Å²) >= 11 is 0. The van der Waals surface area contributed by atoms with Crippen molar-refractivity contribution in [3.8, 4) is 0 Å². The quantitative estimate of drug-likeness (QED) is 0.741. The molecule has 1 N–H and O–H groups in total. The Hall–Kier alpha value is -0.0800. The highest BCUT2D eigenvalue weighted by Gasteiger charge is 2.31. The van der Waals surface area contributed by atoms with Gasteiger partial charge in [-0.25, -0.2) is 0 Å². The molecule has 1 aliphatic rings. The number of hydrogen-bond donors (Lipinski definition) is 1. The molecule has 126 valence electrons. The first-order valence-corrected chi connectivity index (χ1v) is 9.30. The summed E-state index contributed by atoms with van der Waals surface area (Å²) in [6.45, 7) is 20.4. The van der Waals surface area contributed by atoms with Crippen LogP contribution in [0.5, 0.6) is 0 Å². The van der Waals surface area contributed by atoms with E-state index in [0.29, 0.717) is 10.8 Å². The fourth-order valence-corrected chi connectivity index (χ4v) is 3.82. The number of likely N-dealkylation sites (tertiary alicyclic amines) is 1. The molecule has 1 atom stereocenters. The van der Waals surface area contributed by atoms with Crippen LogP contribution in [0, 0.1) is 16.7 Å². The lowest BCUT2D eigenvalue weighted by atomic mass is 9.76. The standard InChI is InChI=1S/C19H40N2/c1-7-19(8-2,15-20-9-3)16-21-13-10-11-17(12-14-21)18(4,5)6/h17,20H,7-16H2,1-6H3. The first-order valence-electron chi connectivity index (χ1n) is 9.30. The van der Waals surface area contributed by atoms with Gasteiger partial charge in [0.2, 0.25) is 0 Å². The Balaban J connectivity index is 2.60. The molecule has 2 heteroatoms. The summed E-state index contributed by atoms with van der Waals surface area (Å²) in [7, 11) is 0. The summed E-state index contributed by atoms with van der Waals surface area (Å²) in [5.41, 5.74) is 0.948. The molecular formula is C19H40N2. The van der Waals surface area contributed by atoms with Crippen LogP contribution in [0.1, 0.15) is 73.6 Å². The summed E-state index contributed by atoms with van der Waals surface area (Å²) in [5, 5.41) is 3.60. The van der Waals surface area contributed by atoms with E-state index in [4.69, 9.17) is 0 Å². The molecule has 1 aliphatic heterocycles. The minimum absolute atomic E-state index is 0.470. The molecule has 0 spiro atoms. The van der Waals surface area contributed by atoms with Crippen LogP contribution < -0.4 is 5.32 Å². The van der Waals surface area contributed by atoms with Crippen molar-refractivity contribution in [3.05, 3.63) is 0 Å². The van der Waals surface area contributed by atoms with Crippen LogP contribution in [-0.4, -0.2) is 37.6 Å². The Morgan fingerprint density at radius 3 is 2.19 bits per heavy atom. The fourth-order valence-electron chi connectivity index (χ4n) is 3.82. The molecule has 0 aromatic carbocycles. The summed E-state index contributed by atoms with van der Waals surface area (Å²) in [6.07, 6.45) is 6.75. The minimum atomic E-state index is 0.470. The molecule has 1 fully saturated rings. The van der Waals surface area contributed by atoms with Crippen molar-refractivity contribution >= 4 is 0 Å². The molecule has 21 heavy (non-hydrogen) atoms. The number of nitrogens with one attached hydrogen (secondary N) is 1. The van der Waals surface area contributed by atoms with Gasteiger partial charge in [-0.05, 0) is 68.5 Å². The lowest BCUT2D eigenvalue weighted by Gasteiger charge is -2.37. The van der Waals surface area contributed by atoms with Gasteiger partial charge >= 0.3 is 0 Å². The summed E-state index contributed by atoms with van der Waals surface area (Å²) < 4.78 is 0. The normalized spacial score (nSPS) is 22.3. The van der Waals surface area contributed by atoms with Gasteiger partial charge in [-0.1, -0.05) is 41.5 Å². The summed E-state index contributed by atoms with van der Waals surface area (Å²) in [6, 6.07) is 0. The predicted octanol–water partition coefficient (Wildman–Crippen LogP) is 4.55. The third-order valence-electron chi connectivity index (χ3n) is 5.85. The maximum Gasteiger partial charge on any atom is 0.00499 e. The van der Waals surface area contributed by atoms with E-state index in [-0.39, 0.29) is 0 Å². The van der Waals surface area contributed by atoms with Crippen molar-refractivity contribution in [1.29, 1.82) is 0 Å². The van der Waals surface area contributed by atoms with Crippen LogP contribution in [-0.2, 0) is 0 Å². The first-order chi connectivity index (χ1) is 9.87. The van der Waals surface area contributed by atoms with Gasteiger partial charge < -0.3 is 10.2 Å². The zero-order valence-electron chi connectivity index (χ0n) is 15.6. The summed E-state index contributed by atoms with van der Waals surface area (Å²) in [5.74, 6) is 0.897. The van der Waals surface area contributed by atoms with Crippen LogP contribution in [0.25, 0.3) is 0 Å². The Labute approximate surface area is 134 Å².